The van der Waals surface area contributed by atoms with Gasteiger partial charge in [0, 0.05) is 27.1 Å². The number of nitrogens with zero attached hydrogens (tertiary/aromatic N) is 2. The molecule has 0 amide bonds. The summed E-state index contributed by atoms with van der Waals surface area (Å²) in [5, 5.41) is 7.53. The first-order valence-electron chi connectivity index (χ1n) is 8.94. The molecular formula is C21H17ClFN3O2S. The molecular weight excluding hydrogens is 413 g/mol. The van der Waals surface area contributed by atoms with Crippen molar-refractivity contribution in [3.8, 4) is 5.69 Å². The number of carbonyl (C=O) groups is 1. The standard InChI is InChI=1S/C21H17ClFN3O2S/c1-3-28-21(27)13-5-4-6-15(9-13)29-20-12(2)26(14-10-24-25-11-14)19-16(20)7-8-17(22)18(19)23/h4-11H,3H2,1-2H3,(H,24,25). The van der Waals surface area contributed by atoms with Crippen LogP contribution < -0.4 is 0 Å². The van der Waals surface area contributed by atoms with Gasteiger partial charge in [-0.1, -0.05) is 29.4 Å². The Morgan fingerprint density at radius 3 is 2.90 bits per heavy atom. The minimum Gasteiger partial charge on any atom is -0.462 e. The van der Waals surface area contributed by atoms with Gasteiger partial charge in [-0.3, -0.25) is 5.10 Å². The number of rotatable bonds is 5. The monoisotopic (exact) mass is 429 g/mol. The van der Waals surface area contributed by atoms with Gasteiger partial charge in [0.1, 0.15) is 0 Å². The molecule has 4 aromatic rings. The molecule has 148 valence electrons. The Balaban J connectivity index is 1.86. The number of halogens is 2. The molecule has 0 fully saturated rings. The van der Waals surface area contributed by atoms with Gasteiger partial charge in [0.05, 0.1) is 34.6 Å². The average molecular weight is 430 g/mol. The second kappa shape index (κ2) is 7.93. The number of H-pyrrole nitrogens is 1. The van der Waals surface area contributed by atoms with E-state index in [4.69, 9.17) is 16.3 Å². The fraction of sp³-hybridized carbons (Fsp3) is 0.143. The molecule has 0 bridgehead atoms. The van der Waals surface area contributed by atoms with E-state index in [1.807, 2.05) is 19.1 Å². The van der Waals surface area contributed by atoms with Crippen molar-refractivity contribution < 1.29 is 13.9 Å². The molecule has 0 aliphatic heterocycles. The highest BCUT2D eigenvalue weighted by Crippen LogP contribution is 2.41. The number of hydrogen-bond acceptors (Lipinski definition) is 4. The summed E-state index contributed by atoms with van der Waals surface area (Å²) in [6.45, 7) is 4.00. The first kappa shape index (κ1) is 19.5. The SMILES string of the molecule is CCOC(=O)c1cccc(Sc2c(C)n(-c3cn[nH]c3)c3c(F)c(Cl)ccc23)c1. The molecule has 5 nitrogen and oxygen atoms in total. The highest BCUT2D eigenvalue weighted by molar-refractivity contribution is 7.99. The summed E-state index contributed by atoms with van der Waals surface area (Å²) < 4.78 is 21.9. The van der Waals surface area contributed by atoms with Crippen LogP contribution in [0.4, 0.5) is 4.39 Å². The smallest absolute Gasteiger partial charge is 0.338 e. The van der Waals surface area contributed by atoms with Crippen molar-refractivity contribution >= 4 is 40.2 Å². The van der Waals surface area contributed by atoms with Gasteiger partial charge in [-0.2, -0.15) is 5.10 Å². The van der Waals surface area contributed by atoms with Crippen LogP contribution in [0.25, 0.3) is 16.6 Å². The lowest BCUT2D eigenvalue weighted by atomic mass is 10.2. The number of benzene rings is 2. The molecule has 0 aliphatic rings. The van der Waals surface area contributed by atoms with Crippen LogP contribution in [0.2, 0.25) is 5.02 Å². The summed E-state index contributed by atoms with van der Waals surface area (Å²) in [6, 6.07) is 10.6. The van der Waals surface area contributed by atoms with Crippen LogP contribution in [0.1, 0.15) is 23.0 Å². The predicted octanol–water partition coefficient (Wildman–Crippen LogP) is 5.78. The zero-order valence-electron chi connectivity index (χ0n) is 15.7. The van der Waals surface area contributed by atoms with Crippen molar-refractivity contribution in [3.05, 3.63) is 70.9 Å². The molecule has 8 heteroatoms. The number of fused-ring (bicyclic) bond motifs is 1. The van der Waals surface area contributed by atoms with E-state index in [2.05, 4.69) is 10.2 Å². The van der Waals surface area contributed by atoms with Crippen LogP contribution in [-0.4, -0.2) is 27.3 Å². The summed E-state index contributed by atoms with van der Waals surface area (Å²) in [5.41, 5.74) is 2.41. The van der Waals surface area contributed by atoms with Gasteiger partial charge < -0.3 is 9.30 Å². The largest absolute Gasteiger partial charge is 0.462 e. The molecule has 0 unspecified atom stereocenters. The average Bonchev–Trinajstić information content (AvgIpc) is 3.33. The maximum Gasteiger partial charge on any atom is 0.338 e. The number of carbonyl (C=O) groups excluding carboxylic acids is 1. The molecule has 0 spiro atoms. The molecule has 2 heterocycles. The molecule has 0 saturated carbocycles. The van der Waals surface area contributed by atoms with Crippen molar-refractivity contribution in [1.82, 2.24) is 14.8 Å². The maximum absolute atomic E-state index is 15.0. The Hall–Kier alpha value is -2.77. The summed E-state index contributed by atoms with van der Waals surface area (Å²) in [5.74, 6) is -0.856. The summed E-state index contributed by atoms with van der Waals surface area (Å²) in [7, 11) is 0. The van der Waals surface area contributed by atoms with Crippen LogP contribution >= 0.6 is 23.4 Å². The Labute approximate surface area is 175 Å². The number of aromatic nitrogens is 3. The Bertz CT molecular complexity index is 1200. The van der Waals surface area contributed by atoms with Crippen molar-refractivity contribution in [1.29, 1.82) is 0 Å². The Morgan fingerprint density at radius 1 is 1.34 bits per heavy atom. The highest BCUT2D eigenvalue weighted by atomic mass is 35.5. The maximum atomic E-state index is 15.0. The zero-order valence-corrected chi connectivity index (χ0v) is 17.3. The van der Waals surface area contributed by atoms with E-state index >= 15 is 0 Å². The van der Waals surface area contributed by atoms with Crippen LogP contribution in [-0.2, 0) is 4.74 Å². The summed E-state index contributed by atoms with van der Waals surface area (Å²) in [4.78, 5) is 13.8. The van der Waals surface area contributed by atoms with E-state index in [1.54, 1.807) is 48.1 Å². The van der Waals surface area contributed by atoms with Gasteiger partial charge in [0.25, 0.3) is 0 Å². The lowest BCUT2D eigenvalue weighted by Gasteiger charge is -2.07. The van der Waals surface area contributed by atoms with Crippen LogP contribution in [0.15, 0.2) is 58.6 Å². The molecule has 0 saturated heterocycles. The quantitative estimate of drug-likeness (QED) is 0.408. The molecule has 29 heavy (non-hydrogen) atoms. The summed E-state index contributed by atoms with van der Waals surface area (Å²) in [6.07, 6.45) is 3.32. The van der Waals surface area contributed by atoms with E-state index in [0.29, 0.717) is 23.4 Å². The Kier molecular flexibility index (Phi) is 5.34. The first-order chi connectivity index (χ1) is 14.0. The Morgan fingerprint density at radius 2 is 2.17 bits per heavy atom. The third kappa shape index (κ3) is 3.52. The zero-order chi connectivity index (χ0) is 20.5. The number of aromatic amines is 1. The summed E-state index contributed by atoms with van der Waals surface area (Å²) >= 11 is 7.52. The van der Waals surface area contributed by atoms with Gasteiger partial charge in [-0.25, -0.2) is 9.18 Å². The van der Waals surface area contributed by atoms with Gasteiger partial charge in [-0.15, -0.1) is 0 Å². The minimum atomic E-state index is -0.486. The van der Waals surface area contributed by atoms with Crippen LogP contribution in [0, 0.1) is 12.7 Å². The van der Waals surface area contributed by atoms with Crippen molar-refractivity contribution in [3.63, 3.8) is 0 Å². The molecule has 0 atom stereocenters. The lowest BCUT2D eigenvalue weighted by molar-refractivity contribution is 0.0526. The predicted molar refractivity (Wildman–Crippen MR) is 112 cm³/mol. The fourth-order valence-electron chi connectivity index (χ4n) is 3.24. The normalized spacial score (nSPS) is 11.2. The molecule has 0 aliphatic carbocycles. The van der Waals surface area contributed by atoms with Gasteiger partial charge in [-0.05, 0) is 44.2 Å². The van der Waals surface area contributed by atoms with E-state index in [1.165, 1.54) is 11.8 Å². The highest BCUT2D eigenvalue weighted by Gasteiger charge is 2.21. The van der Waals surface area contributed by atoms with Gasteiger partial charge in [0.2, 0.25) is 0 Å². The minimum absolute atomic E-state index is 0.0561. The number of ether oxygens (including phenoxy) is 1. The second-order valence-corrected chi connectivity index (χ2v) is 7.81. The molecule has 4 rings (SSSR count). The van der Waals surface area contributed by atoms with Crippen LogP contribution in [0.3, 0.4) is 0 Å². The lowest BCUT2D eigenvalue weighted by Crippen LogP contribution is -2.04. The third-order valence-electron chi connectivity index (χ3n) is 4.51. The third-order valence-corrected chi connectivity index (χ3v) is 6.01. The fourth-order valence-corrected chi connectivity index (χ4v) is 4.48. The van der Waals surface area contributed by atoms with E-state index in [0.717, 1.165) is 20.9 Å². The first-order valence-corrected chi connectivity index (χ1v) is 10.1. The van der Waals surface area contributed by atoms with Gasteiger partial charge in [0.15, 0.2) is 5.82 Å². The number of nitrogens with one attached hydrogen (secondary N) is 1. The molecule has 0 radical (unpaired) electrons. The van der Waals surface area contributed by atoms with E-state index in [-0.39, 0.29) is 11.0 Å². The van der Waals surface area contributed by atoms with Gasteiger partial charge >= 0.3 is 5.97 Å². The number of esters is 1. The van der Waals surface area contributed by atoms with Crippen molar-refractivity contribution in [2.75, 3.05) is 6.61 Å². The van der Waals surface area contributed by atoms with Crippen molar-refractivity contribution in [2.24, 2.45) is 0 Å². The number of hydrogen-bond donors (Lipinski definition) is 1. The molecule has 2 aromatic heterocycles. The topological polar surface area (TPSA) is 59.9 Å². The molecule has 1 N–H and O–H groups in total. The van der Waals surface area contributed by atoms with Crippen LogP contribution in [0.5, 0.6) is 0 Å². The van der Waals surface area contributed by atoms with E-state index in [9.17, 15) is 9.18 Å². The molecule has 2 aromatic carbocycles. The second-order valence-electron chi connectivity index (χ2n) is 6.31. The van der Waals surface area contributed by atoms with E-state index < -0.39 is 5.82 Å². The van der Waals surface area contributed by atoms with Crippen molar-refractivity contribution in [2.45, 2.75) is 23.6 Å².